The van der Waals surface area contributed by atoms with E-state index in [1.165, 1.54) is 23.1 Å². The number of benzene rings is 3. The fourth-order valence-corrected chi connectivity index (χ4v) is 5.73. The molecule has 9 heteroatoms. The lowest BCUT2D eigenvalue weighted by Gasteiger charge is -2.12. The maximum atomic E-state index is 12.7. The van der Waals surface area contributed by atoms with Gasteiger partial charge in [0, 0.05) is 16.0 Å². The van der Waals surface area contributed by atoms with Gasteiger partial charge in [0.05, 0.1) is 11.3 Å². The Labute approximate surface area is 222 Å². The molecule has 184 valence electrons. The monoisotopic (exact) mass is 525 g/mol. The summed E-state index contributed by atoms with van der Waals surface area (Å²) in [5.41, 5.74) is 2.29. The fraction of sp³-hybridized carbons (Fsp3) is 0.143. The molecule has 1 amide bonds. The highest BCUT2D eigenvalue weighted by Crippen LogP contribution is 2.32. The largest absolute Gasteiger partial charge is 0.485 e. The Bertz CT molecular complexity index is 1610. The van der Waals surface area contributed by atoms with Crippen molar-refractivity contribution in [2.75, 3.05) is 11.1 Å². The maximum Gasteiger partial charge on any atom is 0.235 e. The van der Waals surface area contributed by atoms with Crippen molar-refractivity contribution in [1.82, 2.24) is 14.8 Å². The highest BCUT2D eigenvalue weighted by Gasteiger charge is 2.19. The van der Waals surface area contributed by atoms with Crippen LogP contribution in [0.25, 0.3) is 16.5 Å². The second-order valence-corrected chi connectivity index (χ2v) is 10.4. The van der Waals surface area contributed by atoms with Gasteiger partial charge in [-0.3, -0.25) is 9.36 Å². The van der Waals surface area contributed by atoms with Crippen molar-refractivity contribution in [2.45, 2.75) is 25.6 Å². The SMILES string of the molecule is Cc1sc(NC(=O)CSc2nnc(COc3cccc4ccccc34)n2-c2ccccc2)c(C#N)c1C. The van der Waals surface area contributed by atoms with Crippen LogP contribution in [0, 0.1) is 25.2 Å². The molecule has 0 aliphatic heterocycles. The summed E-state index contributed by atoms with van der Waals surface area (Å²) in [7, 11) is 0. The van der Waals surface area contributed by atoms with E-state index in [4.69, 9.17) is 4.74 Å². The molecular formula is C28H23N5O2S2. The number of nitrogens with zero attached hydrogens (tertiary/aromatic N) is 4. The number of rotatable bonds is 8. The molecular weight excluding hydrogens is 502 g/mol. The van der Waals surface area contributed by atoms with Gasteiger partial charge in [0.15, 0.2) is 11.0 Å². The van der Waals surface area contributed by atoms with Crippen LogP contribution in [0.5, 0.6) is 5.75 Å². The second kappa shape index (κ2) is 10.9. The Morgan fingerprint density at radius 2 is 1.81 bits per heavy atom. The number of hydrogen-bond donors (Lipinski definition) is 1. The van der Waals surface area contributed by atoms with Crippen LogP contribution in [0.15, 0.2) is 78.0 Å². The van der Waals surface area contributed by atoms with Gasteiger partial charge in [0.1, 0.15) is 23.4 Å². The molecule has 0 saturated heterocycles. The van der Waals surface area contributed by atoms with Crippen molar-refractivity contribution in [3.8, 4) is 17.5 Å². The van der Waals surface area contributed by atoms with Gasteiger partial charge < -0.3 is 10.1 Å². The minimum absolute atomic E-state index is 0.121. The van der Waals surface area contributed by atoms with E-state index in [1.807, 2.05) is 91.2 Å². The normalized spacial score (nSPS) is 10.8. The van der Waals surface area contributed by atoms with Crippen LogP contribution in [0.1, 0.15) is 21.8 Å². The molecule has 0 atom stereocenters. The van der Waals surface area contributed by atoms with E-state index in [9.17, 15) is 10.1 Å². The Hall–Kier alpha value is -4.13. The Morgan fingerprint density at radius 3 is 2.62 bits per heavy atom. The number of aromatic nitrogens is 3. The molecule has 37 heavy (non-hydrogen) atoms. The maximum absolute atomic E-state index is 12.7. The van der Waals surface area contributed by atoms with Crippen LogP contribution in [-0.2, 0) is 11.4 Å². The number of carbonyl (C=O) groups excluding carboxylic acids is 1. The van der Waals surface area contributed by atoms with E-state index in [0.717, 1.165) is 32.6 Å². The molecule has 0 bridgehead atoms. The summed E-state index contributed by atoms with van der Waals surface area (Å²) in [6.45, 7) is 4.04. The lowest BCUT2D eigenvalue weighted by Crippen LogP contribution is -2.14. The van der Waals surface area contributed by atoms with Gasteiger partial charge in [0.25, 0.3) is 0 Å². The van der Waals surface area contributed by atoms with Gasteiger partial charge in [-0.05, 0) is 43.0 Å². The average Bonchev–Trinajstić information content (AvgIpc) is 3.45. The summed E-state index contributed by atoms with van der Waals surface area (Å²) in [6, 6.07) is 26.0. The third-order valence-corrected chi connectivity index (χ3v) is 7.96. The van der Waals surface area contributed by atoms with Crippen molar-refractivity contribution < 1.29 is 9.53 Å². The zero-order chi connectivity index (χ0) is 25.8. The Morgan fingerprint density at radius 1 is 1.05 bits per heavy atom. The number of thioether (sulfide) groups is 1. The van der Waals surface area contributed by atoms with Crippen LogP contribution in [0.3, 0.4) is 0 Å². The smallest absolute Gasteiger partial charge is 0.235 e. The molecule has 3 aromatic carbocycles. The van der Waals surface area contributed by atoms with E-state index < -0.39 is 0 Å². The number of hydrogen-bond acceptors (Lipinski definition) is 7. The Kier molecular flexibility index (Phi) is 7.21. The van der Waals surface area contributed by atoms with Crippen molar-refractivity contribution in [2.24, 2.45) is 0 Å². The number of nitriles is 1. The highest BCUT2D eigenvalue weighted by atomic mass is 32.2. The molecule has 2 heterocycles. The van der Waals surface area contributed by atoms with Crippen LogP contribution in [0.4, 0.5) is 5.00 Å². The van der Waals surface area contributed by atoms with Crippen LogP contribution >= 0.6 is 23.1 Å². The topological polar surface area (TPSA) is 92.8 Å². The lowest BCUT2D eigenvalue weighted by atomic mass is 10.1. The minimum Gasteiger partial charge on any atom is -0.485 e. The lowest BCUT2D eigenvalue weighted by molar-refractivity contribution is -0.113. The van der Waals surface area contributed by atoms with E-state index >= 15 is 0 Å². The van der Waals surface area contributed by atoms with Crippen molar-refractivity contribution in [3.63, 3.8) is 0 Å². The van der Waals surface area contributed by atoms with Crippen molar-refractivity contribution >= 4 is 44.8 Å². The number of anilines is 1. The number of amides is 1. The van der Waals surface area contributed by atoms with Crippen LogP contribution in [0.2, 0.25) is 0 Å². The minimum atomic E-state index is -0.209. The number of nitrogens with one attached hydrogen (secondary N) is 1. The molecule has 0 aliphatic rings. The number of thiophene rings is 1. The molecule has 0 fully saturated rings. The van der Waals surface area contributed by atoms with E-state index in [2.05, 4.69) is 21.6 Å². The molecule has 5 rings (SSSR count). The Balaban J connectivity index is 1.35. The molecule has 1 N–H and O–H groups in total. The standard InChI is InChI=1S/C28H23N5O2S2/c1-18-19(2)37-27(23(18)15-29)30-26(34)17-36-28-32-31-25(33(28)21-11-4-3-5-12-21)16-35-24-14-8-10-20-9-6-7-13-22(20)24/h3-14H,16-17H2,1-2H3,(H,30,34). The van der Waals surface area contributed by atoms with Gasteiger partial charge in [0.2, 0.25) is 5.91 Å². The highest BCUT2D eigenvalue weighted by molar-refractivity contribution is 7.99. The van der Waals surface area contributed by atoms with Gasteiger partial charge in [-0.1, -0.05) is 66.4 Å². The van der Waals surface area contributed by atoms with Crippen LogP contribution < -0.4 is 10.1 Å². The number of para-hydroxylation sites is 1. The molecule has 7 nitrogen and oxygen atoms in total. The third-order valence-electron chi connectivity index (χ3n) is 5.90. The predicted molar refractivity (Wildman–Crippen MR) is 148 cm³/mol. The molecule has 2 aromatic heterocycles. The van der Waals surface area contributed by atoms with Crippen molar-refractivity contribution in [1.29, 1.82) is 5.26 Å². The second-order valence-electron chi connectivity index (χ2n) is 8.27. The molecule has 0 aliphatic carbocycles. The van der Waals surface area contributed by atoms with E-state index in [1.54, 1.807) is 0 Å². The molecule has 5 aromatic rings. The molecule has 0 spiro atoms. The first-order valence-corrected chi connectivity index (χ1v) is 13.4. The summed E-state index contributed by atoms with van der Waals surface area (Å²) >= 11 is 2.69. The van der Waals surface area contributed by atoms with E-state index in [-0.39, 0.29) is 18.3 Å². The summed E-state index contributed by atoms with van der Waals surface area (Å²) < 4.78 is 8.09. The predicted octanol–water partition coefficient (Wildman–Crippen LogP) is 6.28. The fourth-order valence-electron chi connectivity index (χ4n) is 3.93. The first-order chi connectivity index (χ1) is 18.0. The molecule has 0 unspecified atom stereocenters. The average molecular weight is 526 g/mol. The third kappa shape index (κ3) is 5.21. The van der Waals surface area contributed by atoms with Crippen LogP contribution in [-0.4, -0.2) is 26.4 Å². The van der Waals surface area contributed by atoms with Crippen molar-refractivity contribution in [3.05, 3.63) is 94.6 Å². The first kappa shape index (κ1) is 24.6. The zero-order valence-electron chi connectivity index (χ0n) is 20.3. The number of carbonyl (C=O) groups is 1. The number of aryl methyl sites for hydroxylation is 1. The van der Waals surface area contributed by atoms with Gasteiger partial charge in [-0.2, -0.15) is 5.26 Å². The molecule has 0 radical (unpaired) electrons. The van der Waals surface area contributed by atoms with Gasteiger partial charge >= 0.3 is 0 Å². The summed E-state index contributed by atoms with van der Waals surface area (Å²) in [5, 5.41) is 24.4. The first-order valence-electron chi connectivity index (χ1n) is 11.6. The quantitative estimate of drug-likeness (QED) is 0.240. The molecule has 0 saturated carbocycles. The summed E-state index contributed by atoms with van der Waals surface area (Å²) in [6.07, 6.45) is 0. The van der Waals surface area contributed by atoms with Gasteiger partial charge in [-0.25, -0.2) is 0 Å². The van der Waals surface area contributed by atoms with E-state index in [0.29, 0.717) is 21.5 Å². The summed E-state index contributed by atoms with van der Waals surface area (Å²) in [4.78, 5) is 13.8. The number of fused-ring (bicyclic) bond motifs is 1. The summed E-state index contributed by atoms with van der Waals surface area (Å²) in [5.74, 6) is 1.30. The number of ether oxygens (including phenoxy) is 1. The zero-order valence-corrected chi connectivity index (χ0v) is 21.9. The van der Waals surface area contributed by atoms with Gasteiger partial charge in [-0.15, -0.1) is 21.5 Å².